The summed E-state index contributed by atoms with van der Waals surface area (Å²) in [4.78, 5) is 15.9. The maximum Gasteiger partial charge on any atom is 0.335 e. The molecule has 1 aliphatic rings. The molecule has 0 bridgehead atoms. The van der Waals surface area contributed by atoms with Gasteiger partial charge in [-0.2, -0.15) is 11.8 Å². The molecule has 0 aliphatic carbocycles. The van der Waals surface area contributed by atoms with Crippen LogP contribution >= 0.6 is 11.8 Å². The monoisotopic (exact) mass is 304 g/mol. The van der Waals surface area contributed by atoms with E-state index in [1.165, 1.54) is 18.6 Å². The quantitative estimate of drug-likeness (QED) is 0.938. The topological polar surface area (TPSA) is 55.1 Å². The Bertz CT molecular complexity index is 687. The first-order valence-electron chi connectivity index (χ1n) is 7.39. The molecule has 1 unspecified atom stereocenters. The van der Waals surface area contributed by atoms with E-state index < -0.39 is 5.97 Å². The zero-order valence-electron chi connectivity index (χ0n) is 12.4. The number of carboxylic acids is 1. The van der Waals surface area contributed by atoms with E-state index in [0.29, 0.717) is 5.56 Å². The summed E-state index contributed by atoms with van der Waals surface area (Å²) in [5, 5.41) is 9.20. The average molecular weight is 304 g/mol. The second-order valence-corrected chi connectivity index (χ2v) is 7.56. The van der Waals surface area contributed by atoms with Crippen LogP contribution in [0.5, 0.6) is 0 Å². The molecule has 2 heterocycles. The standard InChI is InChI=1S/C16H20N2O2S/c1-3-14-17-12-6-5-11(15(19)20)9-13(12)18(14)10-16(2)7-4-8-21-16/h5-6,9H,3-4,7-8,10H2,1-2H3,(H,19,20). The first-order chi connectivity index (χ1) is 10.0. The third-order valence-electron chi connectivity index (χ3n) is 4.18. The van der Waals surface area contributed by atoms with Gasteiger partial charge >= 0.3 is 5.97 Å². The Morgan fingerprint density at radius 3 is 2.95 bits per heavy atom. The molecule has 0 saturated carbocycles. The lowest BCUT2D eigenvalue weighted by molar-refractivity contribution is 0.0697. The number of aryl methyl sites for hydroxylation is 1. The van der Waals surface area contributed by atoms with Crippen LogP contribution in [0.1, 0.15) is 42.9 Å². The van der Waals surface area contributed by atoms with Crippen molar-refractivity contribution in [3.63, 3.8) is 0 Å². The SMILES string of the molecule is CCc1nc2ccc(C(=O)O)cc2n1CC1(C)CCCS1. The number of aromatic nitrogens is 2. The van der Waals surface area contributed by atoms with Gasteiger partial charge in [0.25, 0.3) is 0 Å². The number of aromatic carboxylic acids is 1. The molecular weight excluding hydrogens is 284 g/mol. The van der Waals surface area contributed by atoms with Crippen LogP contribution in [0.25, 0.3) is 11.0 Å². The summed E-state index contributed by atoms with van der Waals surface area (Å²) < 4.78 is 2.46. The van der Waals surface area contributed by atoms with Gasteiger partial charge in [-0.05, 0) is 43.7 Å². The normalized spacial score (nSPS) is 22.0. The predicted octanol–water partition coefficient (Wildman–Crippen LogP) is 3.58. The molecule has 1 fully saturated rings. The second-order valence-electron chi connectivity index (χ2n) is 5.88. The lowest BCUT2D eigenvalue weighted by atomic mass is 10.1. The summed E-state index contributed by atoms with van der Waals surface area (Å²) in [5.41, 5.74) is 2.17. The Morgan fingerprint density at radius 2 is 2.33 bits per heavy atom. The van der Waals surface area contributed by atoms with Crippen molar-refractivity contribution in [3.05, 3.63) is 29.6 Å². The summed E-state index contributed by atoms with van der Waals surface area (Å²) in [5.74, 6) is 1.37. The number of imidazole rings is 1. The highest BCUT2D eigenvalue weighted by Crippen LogP contribution is 2.40. The van der Waals surface area contributed by atoms with Crippen LogP contribution in [0.3, 0.4) is 0 Å². The predicted molar refractivity (Wildman–Crippen MR) is 86.2 cm³/mol. The van der Waals surface area contributed by atoms with Crippen molar-refractivity contribution in [1.82, 2.24) is 9.55 Å². The fraction of sp³-hybridized carbons (Fsp3) is 0.500. The summed E-state index contributed by atoms with van der Waals surface area (Å²) >= 11 is 2.02. The van der Waals surface area contributed by atoms with E-state index in [1.54, 1.807) is 12.1 Å². The van der Waals surface area contributed by atoms with Crippen LogP contribution in [0.2, 0.25) is 0 Å². The van der Waals surface area contributed by atoms with E-state index >= 15 is 0 Å². The maximum atomic E-state index is 11.2. The molecular formula is C16H20N2O2S. The summed E-state index contributed by atoms with van der Waals surface area (Å²) in [6.45, 7) is 5.30. The van der Waals surface area contributed by atoms with E-state index in [0.717, 1.165) is 29.8 Å². The smallest absolute Gasteiger partial charge is 0.335 e. The molecule has 21 heavy (non-hydrogen) atoms. The number of nitrogens with zero attached hydrogens (tertiary/aromatic N) is 2. The molecule has 1 N–H and O–H groups in total. The van der Waals surface area contributed by atoms with Gasteiger partial charge in [-0.15, -0.1) is 0 Å². The van der Waals surface area contributed by atoms with E-state index in [1.807, 2.05) is 17.8 Å². The fourth-order valence-corrected chi connectivity index (χ4v) is 4.34. The van der Waals surface area contributed by atoms with E-state index in [4.69, 9.17) is 0 Å². The van der Waals surface area contributed by atoms with Crippen molar-refractivity contribution < 1.29 is 9.90 Å². The molecule has 0 radical (unpaired) electrons. The minimum Gasteiger partial charge on any atom is -0.478 e. The number of hydrogen-bond donors (Lipinski definition) is 1. The van der Waals surface area contributed by atoms with Crippen LogP contribution < -0.4 is 0 Å². The highest BCUT2D eigenvalue weighted by molar-refractivity contribution is 8.00. The molecule has 0 amide bonds. The Hall–Kier alpha value is -1.49. The van der Waals surface area contributed by atoms with Crippen LogP contribution in [-0.2, 0) is 13.0 Å². The van der Waals surface area contributed by atoms with Gasteiger partial charge in [-0.1, -0.05) is 6.92 Å². The number of carbonyl (C=O) groups is 1. The zero-order chi connectivity index (χ0) is 15.0. The van der Waals surface area contributed by atoms with Crippen LogP contribution in [-0.4, -0.2) is 31.1 Å². The van der Waals surface area contributed by atoms with Crippen molar-refractivity contribution >= 4 is 28.8 Å². The lowest BCUT2D eigenvalue weighted by Gasteiger charge is -2.24. The summed E-state index contributed by atoms with van der Waals surface area (Å²) in [6, 6.07) is 5.21. The lowest BCUT2D eigenvalue weighted by Crippen LogP contribution is -2.24. The molecule has 5 heteroatoms. The average Bonchev–Trinajstić information content (AvgIpc) is 3.03. The van der Waals surface area contributed by atoms with Crippen LogP contribution in [0, 0.1) is 0 Å². The summed E-state index contributed by atoms with van der Waals surface area (Å²) in [7, 11) is 0. The minimum absolute atomic E-state index is 0.233. The van der Waals surface area contributed by atoms with Crippen molar-refractivity contribution in [1.29, 1.82) is 0 Å². The number of fused-ring (bicyclic) bond motifs is 1. The molecule has 1 aliphatic heterocycles. The molecule has 4 nitrogen and oxygen atoms in total. The fourth-order valence-electron chi connectivity index (χ4n) is 3.05. The van der Waals surface area contributed by atoms with Gasteiger partial charge in [0.05, 0.1) is 16.6 Å². The molecule has 1 aromatic carbocycles. The van der Waals surface area contributed by atoms with Crippen molar-refractivity contribution in [3.8, 4) is 0 Å². The van der Waals surface area contributed by atoms with Gasteiger partial charge in [0, 0.05) is 17.7 Å². The van der Waals surface area contributed by atoms with Gasteiger partial charge in [0.2, 0.25) is 0 Å². The van der Waals surface area contributed by atoms with E-state index in [-0.39, 0.29) is 4.75 Å². The number of carboxylic acid groups (broad SMARTS) is 1. The summed E-state index contributed by atoms with van der Waals surface area (Å²) in [6.07, 6.45) is 3.33. The number of benzene rings is 1. The minimum atomic E-state index is -0.885. The largest absolute Gasteiger partial charge is 0.478 e. The number of thioether (sulfide) groups is 1. The third kappa shape index (κ3) is 2.67. The Balaban J connectivity index is 2.09. The molecule has 1 aromatic heterocycles. The Labute approximate surface area is 128 Å². The van der Waals surface area contributed by atoms with Crippen LogP contribution in [0.15, 0.2) is 18.2 Å². The van der Waals surface area contributed by atoms with Crippen LogP contribution in [0.4, 0.5) is 0 Å². The van der Waals surface area contributed by atoms with E-state index in [2.05, 4.69) is 23.4 Å². The third-order valence-corrected chi connectivity index (χ3v) is 5.71. The first kappa shape index (κ1) is 14.4. The Morgan fingerprint density at radius 1 is 1.52 bits per heavy atom. The molecule has 2 aromatic rings. The highest BCUT2D eigenvalue weighted by atomic mass is 32.2. The maximum absolute atomic E-state index is 11.2. The molecule has 3 rings (SSSR count). The number of hydrogen-bond acceptors (Lipinski definition) is 3. The van der Waals surface area contributed by atoms with Gasteiger partial charge < -0.3 is 9.67 Å². The van der Waals surface area contributed by atoms with Crippen molar-refractivity contribution in [2.45, 2.75) is 44.4 Å². The molecule has 1 atom stereocenters. The van der Waals surface area contributed by atoms with Gasteiger partial charge in [-0.3, -0.25) is 0 Å². The molecule has 112 valence electrons. The van der Waals surface area contributed by atoms with Gasteiger partial charge in [0.1, 0.15) is 5.82 Å². The van der Waals surface area contributed by atoms with E-state index in [9.17, 15) is 9.90 Å². The van der Waals surface area contributed by atoms with Gasteiger partial charge in [0.15, 0.2) is 0 Å². The first-order valence-corrected chi connectivity index (χ1v) is 8.37. The second kappa shape index (κ2) is 5.37. The highest BCUT2D eigenvalue weighted by Gasteiger charge is 2.31. The van der Waals surface area contributed by atoms with Gasteiger partial charge in [-0.25, -0.2) is 9.78 Å². The molecule has 0 spiro atoms. The zero-order valence-corrected chi connectivity index (χ0v) is 13.2. The Kier molecular flexibility index (Phi) is 3.69. The van der Waals surface area contributed by atoms with Crippen molar-refractivity contribution in [2.24, 2.45) is 0 Å². The molecule has 1 saturated heterocycles. The van der Waals surface area contributed by atoms with Crippen molar-refractivity contribution in [2.75, 3.05) is 5.75 Å². The number of rotatable bonds is 4.